The molecule has 0 spiro atoms. The molecule has 1 aromatic heterocycles. The minimum Gasteiger partial charge on any atom is -0.393 e. The number of aliphatic hydroxyl groups is 1. The lowest BCUT2D eigenvalue weighted by molar-refractivity contribution is -0.121. The van der Waals surface area contributed by atoms with Crippen LogP contribution >= 0.6 is 0 Å². The Bertz CT molecular complexity index is 349. The third-order valence-corrected chi connectivity index (χ3v) is 2.25. The number of amides is 1. The molecule has 0 aliphatic carbocycles. The summed E-state index contributed by atoms with van der Waals surface area (Å²) in [5.74, 6) is 1.17. The molecular formula is C11H19N3O3. The van der Waals surface area contributed by atoms with Crippen LogP contribution in [0.3, 0.4) is 0 Å². The lowest BCUT2D eigenvalue weighted by Gasteiger charge is -2.05. The van der Waals surface area contributed by atoms with Crippen molar-refractivity contribution in [1.82, 2.24) is 15.5 Å². The molecule has 0 aromatic carbocycles. The predicted molar refractivity (Wildman–Crippen MR) is 61.3 cm³/mol. The highest BCUT2D eigenvalue weighted by Crippen LogP contribution is 2.02. The molecule has 1 heterocycles. The fourth-order valence-corrected chi connectivity index (χ4v) is 1.35. The van der Waals surface area contributed by atoms with Crippen LogP contribution in [0.15, 0.2) is 4.52 Å². The summed E-state index contributed by atoms with van der Waals surface area (Å²) in [6.45, 7) is 3.97. The van der Waals surface area contributed by atoms with Gasteiger partial charge in [0.25, 0.3) is 0 Å². The zero-order valence-corrected chi connectivity index (χ0v) is 10.3. The number of aliphatic hydroxyl groups excluding tert-OH is 1. The number of nitrogens with one attached hydrogen (secondary N) is 1. The summed E-state index contributed by atoms with van der Waals surface area (Å²) in [6.07, 6.45) is 1.93. The van der Waals surface area contributed by atoms with Gasteiger partial charge in [-0.3, -0.25) is 4.79 Å². The second-order valence-corrected chi connectivity index (χ2v) is 4.08. The van der Waals surface area contributed by atoms with Gasteiger partial charge in [0, 0.05) is 19.4 Å². The highest BCUT2D eigenvalue weighted by molar-refractivity contribution is 5.75. The van der Waals surface area contributed by atoms with Gasteiger partial charge < -0.3 is 14.9 Å². The standard InChI is InChI=1S/C11H19N3O3/c1-8(15)6-7-12-10(16)4-3-5-11-13-9(2)14-17-11/h8,15H,3-7H2,1-2H3,(H,12,16). The van der Waals surface area contributed by atoms with Crippen molar-refractivity contribution in [3.8, 4) is 0 Å². The Hall–Kier alpha value is -1.43. The van der Waals surface area contributed by atoms with Gasteiger partial charge in [0.05, 0.1) is 6.10 Å². The highest BCUT2D eigenvalue weighted by Gasteiger charge is 2.05. The Balaban J connectivity index is 2.08. The average molecular weight is 241 g/mol. The topological polar surface area (TPSA) is 88.2 Å². The first-order valence-corrected chi connectivity index (χ1v) is 5.82. The van der Waals surface area contributed by atoms with E-state index < -0.39 is 0 Å². The van der Waals surface area contributed by atoms with Crippen molar-refractivity contribution in [2.75, 3.05) is 6.54 Å². The van der Waals surface area contributed by atoms with Gasteiger partial charge in [0.15, 0.2) is 5.82 Å². The van der Waals surface area contributed by atoms with E-state index in [4.69, 9.17) is 9.63 Å². The second kappa shape index (κ2) is 7.01. The molecule has 0 saturated carbocycles. The number of hydrogen-bond acceptors (Lipinski definition) is 5. The van der Waals surface area contributed by atoms with Crippen LogP contribution in [0.5, 0.6) is 0 Å². The van der Waals surface area contributed by atoms with Crippen molar-refractivity contribution in [2.24, 2.45) is 0 Å². The zero-order valence-electron chi connectivity index (χ0n) is 10.3. The van der Waals surface area contributed by atoms with E-state index in [1.54, 1.807) is 13.8 Å². The molecule has 96 valence electrons. The maximum absolute atomic E-state index is 11.4. The molecule has 0 fully saturated rings. The van der Waals surface area contributed by atoms with Crippen LogP contribution in [0, 0.1) is 6.92 Å². The fraction of sp³-hybridized carbons (Fsp3) is 0.727. The van der Waals surface area contributed by atoms with Crippen molar-refractivity contribution >= 4 is 5.91 Å². The Morgan fingerprint density at radius 2 is 2.35 bits per heavy atom. The highest BCUT2D eigenvalue weighted by atomic mass is 16.5. The van der Waals surface area contributed by atoms with Crippen LogP contribution < -0.4 is 5.32 Å². The molecule has 0 aliphatic rings. The number of aryl methyl sites for hydroxylation is 2. The monoisotopic (exact) mass is 241 g/mol. The summed E-state index contributed by atoms with van der Waals surface area (Å²) >= 11 is 0. The zero-order chi connectivity index (χ0) is 12.7. The van der Waals surface area contributed by atoms with Gasteiger partial charge in [0.1, 0.15) is 0 Å². The number of aromatic nitrogens is 2. The number of hydrogen-bond donors (Lipinski definition) is 2. The number of carbonyl (C=O) groups excluding carboxylic acids is 1. The minimum absolute atomic E-state index is 0.0121. The van der Waals surface area contributed by atoms with E-state index in [0.29, 0.717) is 43.9 Å². The lowest BCUT2D eigenvalue weighted by atomic mass is 10.2. The number of nitrogens with zero attached hydrogens (tertiary/aromatic N) is 2. The molecular weight excluding hydrogens is 222 g/mol. The van der Waals surface area contributed by atoms with E-state index in [1.165, 1.54) is 0 Å². The SMILES string of the molecule is Cc1noc(CCCC(=O)NCCC(C)O)n1. The first-order chi connectivity index (χ1) is 8.08. The second-order valence-electron chi connectivity index (χ2n) is 4.08. The summed E-state index contributed by atoms with van der Waals surface area (Å²) in [7, 11) is 0. The van der Waals surface area contributed by atoms with Gasteiger partial charge in [-0.25, -0.2) is 0 Å². The van der Waals surface area contributed by atoms with Crippen LogP contribution in [0.25, 0.3) is 0 Å². The molecule has 1 aromatic rings. The van der Waals surface area contributed by atoms with Crippen molar-refractivity contribution in [3.05, 3.63) is 11.7 Å². The van der Waals surface area contributed by atoms with Gasteiger partial charge in [-0.15, -0.1) is 0 Å². The molecule has 17 heavy (non-hydrogen) atoms. The first kappa shape index (κ1) is 13.6. The van der Waals surface area contributed by atoms with E-state index in [-0.39, 0.29) is 12.0 Å². The van der Waals surface area contributed by atoms with Gasteiger partial charge in [-0.05, 0) is 26.7 Å². The van der Waals surface area contributed by atoms with Gasteiger partial charge in [-0.2, -0.15) is 4.98 Å². The van der Waals surface area contributed by atoms with Crippen LogP contribution in [-0.2, 0) is 11.2 Å². The maximum Gasteiger partial charge on any atom is 0.226 e. The Morgan fingerprint density at radius 1 is 1.59 bits per heavy atom. The average Bonchev–Trinajstić information content (AvgIpc) is 2.63. The minimum atomic E-state index is -0.378. The molecule has 0 saturated heterocycles. The fourth-order valence-electron chi connectivity index (χ4n) is 1.35. The van der Waals surface area contributed by atoms with E-state index in [2.05, 4.69) is 15.5 Å². The molecule has 1 unspecified atom stereocenters. The third-order valence-electron chi connectivity index (χ3n) is 2.25. The molecule has 0 aliphatic heterocycles. The van der Waals surface area contributed by atoms with Crippen LogP contribution in [0.4, 0.5) is 0 Å². The molecule has 6 heteroatoms. The summed E-state index contributed by atoms with van der Waals surface area (Å²) in [4.78, 5) is 15.4. The normalized spacial score (nSPS) is 12.4. The van der Waals surface area contributed by atoms with Crippen LogP contribution in [-0.4, -0.2) is 33.8 Å². The smallest absolute Gasteiger partial charge is 0.226 e. The van der Waals surface area contributed by atoms with E-state index in [0.717, 1.165) is 0 Å². The lowest BCUT2D eigenvalue weighted by Crippen LogP contribution is -2.26. The Labute approximate surface area is 100 Å². The van der Waals surface area contributed by atoms with Crippen LogP contribution in [0.2, 0.25) is 0 Å². The number of rotatable bonds is 7. The quantitative estimate of drug-likeness (QED) is 0.729. The first-order valence-electron chi connectivity index (χ1n) is 5.82. The van der Waals surface area contributed by atoms with Gasteiger partial charge in [0.2, 0.25) is 11.8 Å². The summed E-state index contributed by atoms with van der Waals surface area (Å²) in [5.41, 5.74) is 0. The largest absolute Gasteiger partial charge is 0.393 e. The van der Waals surface area contributed by atoms with Crippen molar-refractivity contribution in [2.45, 2.75) is 45.6 Å². The van der Waals surface area contributed by atoms with Gasteiger partial charge in [-0.1, -0.05) is 5.16 Å². The molecule has 6 nitrogen and oxygen atoms in total. The molecule has 1 rings (SSSR count). The van der Waals surface area contributed by atoms with Crippen molar-refractivity contribution < 1.29 is 14.4 Å². The summed E-state index contributed by atoms with van der Waals surface area (Å²) < 4.78 is 4.93. The van der Waals surface area contributed by atoms with E-state index in [9.17, 15) is 4.79 Å². The predicted octanol–water partition coefficient (Wildman–Crippen LogP) is 0.588. The summed E-state index contributed by atoms with van der Waals surface area (Å²) in [5, 5.41) is 15.4. The van der Waals surface area contributed by atoms with E-state index >= 15 is 0 Å². The molecule has 0 bridgehead atoms. The van der Waals surface area contributed by atoms with Crippen LogP contribution in [0.1, 0.15) is 37.9 Å². The number of carbonyl (C=O) groups is 1. The van der Waals surface area contributed by atoms with Crippen molar-refractivity contribution in [3.63, 3.8) is 0 Å². The van der Waals surface area contributed by atoms with E-state index in [1.807, 2.05) is 0 Å². The Kier molecular flexibility index (Phi) is 5.62. The Morgan fingerprint density at radius 3 is 2.94 bits per heavy atom. The molecule has 0 radical (unpaired) electrons. The molecule has 1 amide bonds. The summed E-state index contributed by atoms with van der Waals surface area (Å²) in [6, 6.07) is 0. The van der Waals surface area contributed by atoms with Gasteiger partial charge >= 0.3 is 0 Å². The maximum atomic E-state index is 11.4. The molecule has 2 N–H and O–H groups in total. The molecule has 1 atom stereocenters. The third kappa shape index (κ3) is 6.01. The van der Waals surface area contributed by atoms with Crippen molar-refractivity contribution in [1.29, 1.82) is 0 Å².